The summed E-state index contributed by atoms with van der Waals surface area (Å²) in [6.45, 7) is -0.0240. The molecular formula is C22H20Cl2N2O3S. The van der Waals surface area contributed by atoms with Crippen LogP contribution >= 0.6 is 23.2 Å². The number of nitrogens with one attached hydrogen (secondary N) is 1. The lowest BCUT2D eigenvalue weighted by Crippen LogP contribution is -2.41. The largest absolute Gasteiger partial charge is 0.354 e. The van der Waals surface area contributed by atoms with E-state index in [1.54, 1.807) is 18.2 Å². The van der Waals surface area contributed by atoms with Crippen molar-refractivity contribution in [1.29, 1.82) is 0 Å². The van der Waals surface area contributed by atoms with E-state index in [1.165, 1.54) is 30.3 Å². The summed E-state index contributed by atoms with van der Waals surface area (Å²) >= 11 is 12.2. The summed E-state index contributed by atoms with van der Waals surface area (Å²) in [7, 11) is -4.02. The normalized spacial score (nSPS) is 11.1. The Hall–Kier alpha value is -2.54. The highest BCUT2D eigenvalue weighted by Crippen LogP contribution is 2.32. The minimum absolute atomic E-state index is 0.0631. The number of hydrogen-bond donors (Lipinski definition) is 1. The summed E-state index contributed by atoms with van der Waals surface area (Å²) in [4.78, 5) is 12.6. The van der Waals surface area contributed by atoms with Crippen molar-refractivity contribution >= 4 is 44.8 Å². The average Bonchev–Trinajstić information content (AvgIpc) is 2.74. The van der Waals surface area contributed by atoms with Gasteiger partial charge in [-0.25, -0.2) is 8.42 Å². The highest BCUT2D eigenvalue weighted by atomic mass is 35.5. The first kappa shape index (κ1) is 22.2. The van der Waals surface area contributed by atoms with Gasteiger partial charge in [0.05, 0.1) is 15.6 Å². The van der Waals surface area contributed by atoms with Crippen molar-refractivity contribution in [3.05, 3.63) is 94.5 Å². The number of anilines is 1. The molecule has 0 saturated carbocycles. The molecule has 0 spiro atoms. The fourth-order valence-electron chi connectivity index (χ4n) is 2.88. The SMILES string of the molecule is O=C(CN(c1ccc(Cl)cc1Cl)S(=O)(=O)c1ccccc1)NCCc1ccccc1. The van der Waals surface area contributed by atoms with Crippen LogP contribution in [-0.2, 0) is 21.2 Å². The molecule has 30 heavy (non-hydrogen) atoms. The first-order chi connectivity index (χ1) is 14.4. The second kappa shape index (κ2) is 9.98. The molecule has 0 fully saturated rings. The summed E-state index contributed by atoms with van der Waals surface area (Å²) in [5, 5.41) is 3.28. The van der Waals surface area contributed by atoms with Crippen LogP contribution in [0.1, 0.15) is 5.56 Å². The van der Waals surface area contributed by atoms with Crippen molar-refractivity contribution in [2.45, 2.75) is 11.3 Å². The second-order valence-electron chi connectivity index (χ2n) is 6.51. The van der Waals surface area contributed by atoms with Crippen LogP contribution in [0.2, 0.25) is 10.0 Å². The smallest absolute Gasteiger partial charge is 0.264 e. The zero-order chi connectivity index (χ0) is 21.6. The standard InChI is InChI=1S/C22H20Cl2N2O3S/c23-18-11-12-21(20(24)15-18)26(30(28,29)19-9-5-2-6-10-19)16-22(27)25-14-13-17-7-3-1-4-8-17/h1-12,15H,13-14,16H2,(H,25,27). The zero-order valence-electron chi connectivity index (χ0n) is 16.0. The van der Waals surface area contributed by atoms with E-state index in [2.05, 4.69) is 5.32 Å². The molecule has 3 rings (SSSR count). The van der Waals surface area contributed by atoms with Crippen LogP contribution < -0.4 is 9.62 Å². The number of benzene rings is 3. The quantitative estimate of drug-likeness (QED) is 0.533. The Morgan fingerprint density at radius 1 is 0.900 bits per heavy atom. The zero-order valence-corrected chi connectivity index (χ0v) is 18.3. The molecule has 156 valence electrons. The topological polar surface area (TPSA) is 66.5 Å². The summed E-state index contributed by atoms with van der Waals surface area (Å²) in [6, 6.07) is 22.1. The van der Waals surface area contributed by atoms with Crippen LogP contribution in [0.5, 0.6) is 0 Å². The molecule has 0 aliphatic rings. The number of amides is 1. The van der Waals surface area contributed by atoms with Gasteiger partial charge in [-0.3, -0.25) is 9.10 Å². The van der Waals surface area contributed by atoms with Gasteiger partial charge in [0, 0.05) is 11.6 Å². The third-order valence-electron chi connectivity index (χ3n) is 4.38. The van der Waals surface area contributed by atoms with Crippen LogP contribution in [0, 0.1) is 0 Å². The molecule has 5 nitrogen and oxygen atoms in total. The molecule has 8 heteroatoms. The number of sulfonamides is 1. The second-order valence-corrected chi connectivity index (χ2v) is 9.21. The number of halogens is 2. The van der Waals surface area contributed by atoms with Gasteiger partial charge >= 0.3 is 0 Å². The van der Waals surface area contributed by atoms with Crippen molar-refractivity contribution in [1.82, 2.24) is 5.32 Å². The van der Waals surface area contributed by atoms with Gasteiger partial charge in [-0.2, -0.15) is 0 Å². The maximum absolute atomic E-state index is 13.3. The molecule has 0 aliphatic heterocycles. The predicted octanol–water partition coefficient (Wildman–Crippen LogP) is 4.55. The highest BCUT2D eigenvalue weighted by Gasteiger charge is 2.28. The Morgan fingerprint density at radius 2 is 1.53 bits per heavy atom. The number of hydrogen-bond acceptors (Lipinski definition) is 3. The van der Waals surface area contributed by atoms with E-state index in [4.69, 9.17) is 23.2 Å². The maximum Gasteiger partial charge on any atom is 0.264 e. The molecule has 1 amide bonds. The lowest BCUT2D eigenvalue weighted by Gasteiger charge is -2.25. The molecule has 0 bridgehead atoms. The highest BCUT2D eigenvalue weighted by molar-refractivity contribution is 7.92. The van der Waals surface area contributed by atoms with Crippen LogP contribution in [0.15, 0.2) is 83.8 Å². The monoisotopic (exact) mass is 462 g/mol. The van der Waals surface area contributed by atoms with Crippen molar-refractivity contribution in [2.75, 3.05) is 17.4 Å². The minimum atomic E-state index is -4.02. The van der Waals surface area contributed by atoms with Gasteiger partial charge in [0.1, 0.15) is 6.54 Å². The van der Waals surface area contributed by atoms with E-state index in [0.29, 0.717) is 18.0 Å². The molecule has 0 saturated heterocycles. The van der Waals surface area contributed by atoms with Gasteiger partial charge in [0.15, 0.2) is 0 Å². The summed E-state index contributed by atoms with van der Waals surface area (Å²) < 4.78 is 27.5. The van der Waals surface area contributed by atoms with Crippen molar-refractivity contribution in [2.24, 2.45) is 0 Å². The van der Waals surface area contributed by atoms with Gasteiger partial charge in [-0.15, -0.1) is 0 Å². The maximum atomic E-state index is 13.3. The molecule has 1 N–H and O–H groups in total. The van der Waals surface area contributed by atoms with E-state index in [1.807, 2.05) is 30.3 Å². The minimum Gasteiger partial charge on any atom is -0.354 e. The first-order valence-corrected chi connectivity index (χ1v) is 11.4. The van der Waals surface area contributed by atoms with Crippen LogP contribution in [0.4, 0.5) is 5.69 Å². The van der Waals surface area contributed by atoms with Gasteiger partial charge < -0.3 is 5.32 Å². The first-order valence-electron chi connectivity index (χ1n) is 9.21. The van der Waals surface area contributed by atoms with Crippen molar-refractivity contribution in [3.63, 3.8) is 0 Å². The van der Waals surface area contributed by atoms with Crippen molar-refractivity contribution in [3.8, 4) is 0 Å². The van der Waals surface area contributed by atoms with Gasteiger partial charge in [-0.1, -0.05) is 71.7 Å². The molecule has 0 aromatic heterocycles. The average molecular weight is 463 g/mol. The summed E-state index contributed by atoms with van der Waals surface area (Å²) in [5.74, 6) is -0.434. The summed E-state index contributed by atoms with van der Waals surface area (Å²) in [5.41, 5.74) is 1.26. The van der Waals surface area contributed by atoms with E-state index in [0.717, 1.165) is 9.87 Å². The molecule has 0 aliphatic carbocycles. The fraction of sp³-hybridized carbons (Fsp3) is 0.136. The van der Waals surface area contributed by atoms with Crippen LogP contribution in [0.25, 0.3) is 0 Å². The van der Waals surface area contributed by atoms with Crippen LogP contribution in [-0.4, -0.2) is 27.4 Å². The molecule has 0 unspecified atom stereocenters. The number of carbonyl (C=O) groups is 1. The third kappa shape index (κ3) is 5.53. The Morgan fingerprint density at radius 3 is 2.17 bits per heavy atom. The molecule has 3 aromatic carbocycles. The number of rotatable bonds is 8. The molecule has 0 atom stereocenters. The van der Waals surface area contributed by atoms with E-state index in [-0.39, 0.29) is 15.6 Å². The Labute approximate surface area is 186 Å². The molecular weight excluding hydrogens is 443 g/mol. The van der Waals surface area contributed by atoms with E-state index in [9.17, 15) is 13.2 Å². The summed E-state index contributed by atoms with van der Waals surface area (Å²) in [6.07, 6.45) is 0.639. The fourth-order valence-corrected chi connectivity index (χ4v) is 4.90. The Balaban J connectivity index is 1.82. The number of carbonyl (C=O) groups excluding carboxylic acids is 1. The Bertz CT molecular complexity index is 1110. The Kier molecular flexibility index (Phi) is 7.37. The third-order valence-corrected chi connectivity index (χ3v) is 6.69. The van der Waals surface area contributed by atoms with Crippen LogP contribution in [0.3, 0.4) is 0 Å². The lowest BCUT2D eigenvalue weighted by molar-refractivity contribution is -0.119. The molecule has 0 heterocycles. The van der Waals surface area contributed by atoms with Gasteiger partial charge in [-0.05, 0) is 42.3 Å². The molecule has 3 aromatic rings. The van der Waals surface area contributed by atoms with Gasteiger partial charge in [0.2, 0.25) is 5.91 Å². The lowest BCUT2D eigenvalue weighted by atomic mass is 10.1. The number of nitrogens with zero attached hydrogens (tertiary/aromatic N) is 1. The van der Waals surface area contributed by atoms with Gasteiger partial charge in [0.25, 0.3) is 10.0 Å². The van der Waals surface area contributed by atoms with Crippen molar-refractivity contribution < 1.29 is 13.2 Å². The van der Waals surface area contributed by atoms with E-state index < -0.39 is 22.5 Å². The molecule has 0 radical (unpaired) electrons. The predicted molar refractivity (Wildman–Crippen MR) is 121 cm³/mol. The van der Waals surface area contributed by atoms with E-state index >= 15 is 0 Å².